The lowest BCUT2D eigenvalue weighted by Crippen LogP contribution is -1.87. The lowest BCUT2D eigenvalue weighted by Gasteiger charge is -2.01. The van der Waals surface area contributed by atoms with Crippen molar-refractivity contribution in [3.8, 4) is 0 Å². The van der Waals surface area contributed by atoms with Gasteiger partial charge in [0.25, 0.3) is 0 Å². The highest BCUT2D eigenvalue weighted by molar-refractivity contribution is 5.02. The van der Waals surface area contributed by atoms with E-state index >= 15 is 0 Å². The minimum Gasteiger partial charge on any atom is -0.502 e. The molecule has 0 N–H and O–H groups in total. The molecule has 0 aliphatic heterocycles. The van der Waals surface area contributed by atoms with E-state index in [1.165, 1.54) is 76.9 Å². The molecule has 0 aromatic heterocycles. The summed E-state index contributed by atoms with van der Waals surface area (Å²) >= 11 is 0. The predicted molar refractivity (Wildman–Crippen MR) is 95.5 cm³/mol. The van der Waals surface area contributed by atoms with E-state index in [0.717, 1.165) is 13.0 Å². The molecule has 0 rings (SSSR count). The van der Waals surface area contributed by atoms with Gasteiger partial charge in [0.05, 0.1) is 12.9 Å². The van der Waals surface area contributed by atoms with Gasteiger partial charge in [0.15, 0.2) is 0 Å². The monoisotopic (exact) mass is 292 g/mol. The molecule has 0 atom stereocenters. The maximum Gasteiger partial charge on any atom is 0.0873 e. The van der Waals surface area contributed by atoms with Crippen LogP contribution in [0.1, 0.15) is 84.0 Å². The first-order valence-electron chi connectivity index (χ1n) is 8.96. The molecule has 0 aliphatic carbocycles. The molecule has 0 spiro atoms. The van der Waals surface area contributed by atoms with Crippen LogP contribution in [0.25, 0.3) is 0 Å². The first-order valence-corrected chi connectivity index (χ1v) is 8.96. The first-order chi connectivity index (χ1) is 10.4. The normalized spacial score (nSPS) is 11.5. The summed E-state index contributed by atoms with van der Waals surface area (Å²) in [4.78, 5) is 0. The second kappa shape index (κ2) is 19.0. The standard InChI is InChI=1S/C20H36O/c1-3-5-6-7-8-9-10-11-12-13-14-15-16-17-18-19-20-21-4-2/h4,9-12H,2-3,5-8,13-20H2,1H3. The summed E-state index contributed by atoms with van der Waals surface area (Å²) < 4.78 is 5.10. The van der Waals surface area contributed by atoms with E-state index in [9.17, 15) is 0 Å². The summed E-state index contributed by atoms with van der Waals surface area (Å²) in [5.41, 5.74) is 0. The molecular formula is C20H36O. The van der Waals surface area contributed by atoms with E-state index < -0.39 is 0 Å². The number of rotatable bonds is 16. The third kappa shape index (κ3) is 19.0. The van der Waals surface area contributed by atoms with Gasteiger partial charge < -0.3 is 4.74 Å². The van der Waals surface area contributed by atoms with Gasteiger partial charge in [0.2, 0.25) is 0 Å². The Balaban J connectivity index is 3.14. The van der Waals surface area contributed by atoms with Crippen LogP contribution < -0.4 is 0 Å². The topological polar surface area (TPSA) is 9.23 Å². The van der Waals surface area contributed by atoms with E-state index in [4.69, 9.17) is 4.74 Å². The van der Waals surface area contributed by atoms with Crippen LogP contribution in [0.3, 0.4) is 0 Å². The molecule has 0 amide bonds. The van der Waals surface area contributed by atoms with Crippen molar-refractivity contribution in [2.45, 2.75) is 84.0 Å². The molecule has 0 fully saturated rings. The van der Waals surface area contributed by atoms with Crippen LogP contribution in [0, 0.1) is 0 Å². The second-order valence-corrected chi connectivity index (χ2v) is 5.65. The van der Waals surface area contributed by atoms with Crippen LogP contribution >= 0.6 is 0 Å². The van der Waals surface area contributed by atoms with Crippen molar-refractivity contribution in [3.63, 3.8) is 0 Å². The lowest BCUT2D eigenvalue weighted by atomic mass is 10.1. The van der Waals surface area contributed by atoms with Crippen LogP contribution in [0.2, 0.25) is 0 Å². The Morgan fingerprint density at radius 1 is 0.714 bits per heavy atom. The molecule has 0 unspecified atom stereocenters. The molecule has 0 heterocycles. The van der Waals surface area contributed by atoms with Crippen LogP contribution in [-0.4, -0.2) is 6.61 Å². The molecule has 1 heteroatoms. The fraction of sp³-hybridized carbons (Fsp3) is 0.700. The highest BCUT2D eigenvalue weighted by Crippen LogP contribution is 2.08. The smallest absolute Gasteiger partial charge is 0.0873 e. The zero-order valence-corrected chi connectivity index (χ0v) is 14.2. The van der Waals surface area contributed by atoms with Gasteiger partial charge in [-0.15, -0.1) is 0 Å². The minimum atomic E-state index is 0.830. The van der Waals surface area contributed by atoms with Crippen molar-refractivity contribution in [1.82, 2.24) is 0 Å². The molecule has 0 saturated carbocycles. The SMILES string of the molecule is C=COCCCCCCCCC=CC=CCCCCCC. The molecule has 0 aliphatic rings. The summed E-state index contributed by atoms with van der Waals surface area (Å²) in [6.07, 6.45) is 26.3. The molecule has 0 bridgehead atoms. The Bertz CT molecular complexity index is 253. The predicted octanol–water partition coefficient (Wildman–Crippen LogP) is 6.96. The Hall–Kier alpha value is -0.980. The van der Waals surface area contributed by atoms with Crippen LogP contribution in [0.15, 0.2) is 37.1 Å². The fourth-order valence-electron chi connectivity index (χ4n) is 2.28. The summed E-state index contributed by atoms with van der Waals surface area (Å²) in [6, 6.07) is 0. The van der Waals surface area contributed by atoms with Crippen LogP contribution in [0.4, 0.5) is 0 Å². The van der Waals surface area contributed by atoms with Gasteiger partial charge in [-0.25, -0.2) is 0 Å². The van der Waals surface area contributed by atoms with Gasteiger partial charge in [-0.3, -0.25) is 0 Å². The van der Waals surface area contributed by atoms with Crippen molar-refractivity contribution in [2.24, 2.45) is 0 Å². The molecule has 0 aromatic carbocycles. The van der Waals surface area contributed by atoms with Crippen molar-refractivity contribution >= 4 is 0 Å². The number of allylic oxidation sites excluding steroid dienone is 4. The third-order valence-corrected chi connectivity index (χ3v) is 3.61. The van der Waals surface area contributed by atoms with Crippen LogP contribution in [0.5, 0.6) is 0 Å². The molecular weight excluding hydrogens is 256 g/mol. The molecule has 0 radical (unpaired) electrons. The zero-order valence-electron chi connectivity index (χ0n) is 14.2. The summed E-state index contributed by atoms with van der Waals surface area (Å²) in [6.45, 7) is 6.63. The average Bonchev–Trinajstić information content (AvgIpc) is 2.50. The van der Waals surface area contributed by atoms with E-state index in [0.29, 0.717) is 0 Å². The van der Waals surface area contributed by atoms with Crippen LogP contribution in [-0.2, 0) is 4.74 Å². The molecule has 0 aromatic rings. The largest absolute Gasteiger partial charge is 0.502 e. The van der Waals surface area contributed by atoms with Gasteiger partial charge >= 0.3 is 0 Å². The Morgan fingerprint density at radius 3 is 1.81 bits per heavy atom. The van der Waals surface area contributed by atoms with E-state index in [2.05, 4.69) is 37.8 Å². The molecule has 0 saturated heterocycles. The van der Waals surface area contributed by atoms with Crippen molar-refractivity contribution in [1.29, 1.82) is 0 Å². The molecule has 21 heavy (non-hydrogen) atoms. The van der Waals surface area contributed by atoms with Gasteiger partial charge in [0, 0.05) is 0 Å². The van der Waals surface area contributed by atoms with E-state index in [-0.39, 0.29) is 0 Å². The van der Waals surface area contributed by atoms with E-state index in [1.54, 1.807) is 0 Å². The number of ether oxygens (including phenoxy) is 1. The van der Waals surface area contributed by atoms with Gasteiger partial charge in [0.1, 0.15) is 0 Å². The average molecular weight is 293 g/mol. The van der Waals surface area contributed by atoms with Crippen molar-refractivity contribution < 1.29 is 4.74 Å². The Morgan fingerprint density at radius 2 is 1.24 bits per heavy atom. The van der Waals surface area contributed by atoms with Gasteiger partial charge in [-0.1, -0.05) is 82.8 Å². The third-order valence-electron chi connectivity index (χ3n) is 3.61. The summed E-state index contributed by atoms with van der Waals surface area (Å²) in [5.74, 6) is 0. The van der Waals surface area contributed by atoms with Gasteiger partial charge in [-0.05, 0) is 32.1 Å². The van der Waals surface area contributed by atoms with Gasteiger partial charge in [-0.2, -0.15) is 0 Å². The van der Waals surface area contributed by atoms with Crippen molar-refractivity contribution in [3.05, 3.63) is 37.1 Å². The zero-order chi connectivity index (χ0) is 15.4. The summed E-state index contributed by atoms with van der Waals surface area (Å²) in [7, 11) is 0. The van der Waals surface area contributed by atoms with E-state index in [1.807, 2.05) is 0 Å². The number of hydrogen-bond acceptors (Lipinski definition) is 1. The lowest BCUT2D eigenvalue weighted by molar-refractivity contribution is 0.241. The second-order valence-electron chi connectivity index (χ2n) is 5.65. The quantitative estimate of drug-likeness (QED) is 0.170. The number of unbranched alkanes of at least 4 members (excludes halogenated alkanes) is 10. The Labute approximate surface area is 133 Å². The Kier molecular flexibility index (Phi) is 18.1. The fourth-order valence-corrected chi connectivity index (χ4v) is 2.28. The first kappa shape index (κ1) is 20.0. The maximum atomic E-state index is 5.10. The molecule has 1 nitrogen and oxygen atoms in total. The number of hydrogen-bond donors (Lipinski definition) is 0. The highest BCUT2D eigenvalue weighted by Gasteiger charge is 1.90. The van der Waals surface area contributed by atoms with Crippen molar-refractivity contribution in [2.75, 3.05) is 6.61 Å². The molecule has 122 valence electrons. The highest BCUT2D eigenvalue weighted by atomic mass is 16.5. The maximum absolute atomic E-state index is 5.10. The minimum absolute atomic E-state index is 0.830. The summed E-state index contributed by atoms with van der Waals surface area (Å²) in [5, 5.41) is 0.